The van der Waals surface area contributed by atoms with E-state index in [-0.39, 0.29) is 28.9 Å². The lowest BCUT2D eigenvalue weighted by molar-refractivity contribution is -0.383. The van der Waals surface area contributed by atoms with Gasteiger partial charge in [-0.05, 0) is 31.2 Å². The van der Waals surface area contributed by atoms with Gasteiger partial charge in [0.25, 0.3) is 11.6 Å². The number of benzene rings is 1. The van der Waals surface area contributed by atoms with E-state index >= 15 is 0 Å². The van der Waals surface area contributed by atoms with Gasteiger partial charge < -0.3 is 11.1 Å². The summed E-state index contributed by atoms with van der Waals surface area (Å²) in [4.78, 5) is 22.6. The number of nitrogens with one attached hydrogen (secondary N) is 1. The van der Waals surface area contributed by atoms with Crippen LogP contribution in [0.5, 0.6) is 0 Å². The lowest BCUT2D eigenvalue weighted by Crippen LogP contribution is -2.43. The van der Waals surface area contributed by atoms with Crippen molar-refractivity contribution in [3.63, 3.8) is 0 Å². The number of nitro groups is 1. The second-order valence-corrected chi connectivity index (χ2v) is 6.25. The molecular weight excluding hydrogens is 290 g/mol. The number of carbonyl (C=O) groups is 1. The van der Waals surface area contributed by atoms with Crippen molar-refractivity contribution in [3.05, 3.63) is 33.9 Å². The zero-order valence-corrected chi connectivity index (χ0v) is 12.7. The Morgan fingerprint density at radius 1 is 1.43 bits per heavy atom. The van der Waals surface area contributed by atoms with Crippen LogP contribution in [0.15, 0.2) is 18.2 Å². The summed E-state index contributed by atoms with van der Waals surface area (Å²) in [7, 11) is 0. The predicted octanol–water partition coefficient (Wildman–Crippen LogP) is 2.58. The maximum atomic E-state index is 12.3. The molecule has 0 heterocycles. The second kappa shape index (κ2) is 6.80. The van der Waals surface area contributed by atoms with E-state index in [4.69, 9.17) is 5.73 Å². The summed E-state index contributed by atoms with van der Waals surface area (Å²) >= 11 is 1.76. The highest BCUT2D eigenvalue weighted by Crippen LogP contribution is 2.28. The number of nitrogen functional groups attached to an aromatic ring is 1. The maximum absolute atomic E-state index is 12.3. The van der Waals surface area contributed by atoms with Gasteiger partial charge >= 0.3 is 0 Å². The van der Waals surface area contributed by atoms with Gasteiger partial charge in [0.1, 0.15) is 5.69 Å². The molecule has 1 aromatic rings. The number of hydrogen-bond donors (Lipinski definition) is 2. The fourth-order valence-corrected chi connectivity index (χ4v) is 3.57. The number of nitrogens with zero attached hydrogens (tertiary/aromatic N) is 1. The highest BCUT2D eigenvalue weighted by atomic mass is 32.2. The molecule has 0 radical (unpaired) electrons. The van der Waals surface area contributed by atoms with Gasteiger partial charge in [-0.2, -0.15) is 11.8 Å². The van der Waals surface area contributed by atoms with Crippen molar-refractivity contribution in [3.8, 4) is 0 Å². The van der Waals surface area contributed by atoms with Gasteiger partial charge in [-0.25, -0.2) is 0 Å². The first-order valence-electron chi connectivity index (χ1n) is 6.90. The number of nitrogens with two attached hydrogens (primary N) is 1. The predicted molar refractivity (Wildman–Crippen MR) is 84.5 cm³/mol. The minimum atomic E-state index is -0.572. The van der Waals surface area contributed by atoms with Crippen LogP contribution in [0.1, 0.15) is 36.0 Å². The quantitative estimate of drug-likeness (QED) is 0.506. The molecule has 6 nitrogen and oxygen atoms in total. The Morgan fingerprint density at radius 2 is 2.14 bits per heavy atom. The van der Waals surface area contributed by atoms with Gasteiger partial charge in [0.2, 0.25) is 0 Å². The van der Waals surface area contributed by atoms with Gasteiger partial charge in [-0.3, -0.25) is 14.9 Å². The Kier molecular flexibility index (Phi) is 5.06. The van der Waals surface area contributed by atoms with Gasteiger partial charge in [-0.15, -0.1) is 0 Å². The molecule has 2 rings (SSSR count). The zero-order valence-electron chi connectivity index (χ0n) is 11.9. The Hall–Kier alpha value is -1.76. The van der Waals surface area contributed by atoms with Crippen LogP contribution in [0.3, 0.4) is 0 Å². The lowest BCUT2D eigenvalue weighted by Gasteiger charge is -2.30. The average molecular weight is 309 g/mol. The Balaban J connectivity index is 2.13. The highest BCUT2D eigenvalue weighted by molar-refractivity contribution is 7.99. The van der Waals surface area contributed by atoms with Crippen LogP contribution in [-0.2, 0) is 0 Å². The third-order valence-corrected chi connectivity index (χ3v) is 4.98. The van der Waals surface area contributed by atoms with Gasteiger partial charge in [0.05, 0.1) is 4.92 Å². The van der Waals surface area contributed by atoms with Crippen molar-refractivity contribution in [2.75, 3.05) is 12.0 Å². The normalized spacial score (nSPS) is 21.8. The third kappa shape index (κ3) is 3.66. The Morgan fingerprint density at radius 3 is 2.81 bits per heavy atom. The number of rotatable bonds is 4. The van der Waals surface area contributed by atoms with Crippen molar-refractivity contribution >= 4 is 29.0 Å². The van der Waals surface area contributed by atoms with Crippen LogP contribution < -0.4 is 11.1 Å². The van der Waals surface area contributed by atoms with Crippen LogP contribution in [0.25, 0.3) is 0 Å². The molecular formula is C14H19N3O3S. The molecule has 114 valence electrons. The number of nitro benzene ring substituents is 1. The minimum Gasteiger partial charge on any atom is -0.393 e. The summed E-state index contributed by atoms with van der Waals surface area (Å²) in [6, 6.07) is 4.29. The number of carbonyl (C=O) groups excluding carboxylic acids is 1. The molecule has 3 N–H and O–H groups in total. The molecule has 0 saturated heterocycles. The van der Waals surface area contributed by atoms with Gasteiger partial charge in [0.15, 0.2) is 0 Å². The van der Waals surface area contributed by atoms with Crippen molar-refractivity contribution in [2.45, 2.75) is 37.0 Å². The van der Waals surface area contributed by atoms with Crippen molar-refractivity contribution in [1.29, 1.82) is 0 Å². The van der Waals surface area contributed by atoms with Crippen LogP contribution in [0, 0.1) is 10.1 Å². The van der Waals surface area contributed by atoms with Crippen LogP contribution in [0.2, 0.25) is 0 Å². The van der Waals surface area contributed by atoms with Crippen LogP contribution in [0.4, 0.5) is 11.4 Å². The number of thioether (sulfide) groups is 1. The van der Waals surface area contributed by atoms with Crippen molar-refractivity contribution < 1.29 is 9.72 Å². The van der Waals surface area contributed by atoms with Crippen LogP contribution in [-0.4, -0.2) is 28.4 Å². The largest absolute Gasteiger partial charge is 0.393 e. The minimum absolute atomic E-state index is 0.0659. The molecule has 0 unspecified atom stereocenters. The lowest BCUT2D eigenvalue weighted by atomic mass is 9.94. The molecule has 0 spiro atoms. The fraction of sp³-hybridized carbons (Fsp3) is 0.500. The van der Waals surface area contributed by atoms with E-state index in [1.54, 1.807) is 11.8 Å². The molecule has 21 heavy (non-hydrogen) atoms. The molecule has 0 bridgehead atoms. The van der Waals surface area contributed by atoms with E-state index in [1.807, 2.05) is 6.26 Å². The molecule has 7 heteroatoms. The first kappa shape index (κ1) is 15.6. The summed E-state index contributed by atoms with van der Waals surface area (Å²) in [6.07, 6.45) is 6.38. The van der Waals surface area contributed by atoms with E-state index in [9.17, 15) is 14.9 Å². The van der Waals surface area contributed by atoms with E-state index < -0.39 is 4.92 Å². The topological polar surface area (TPSA) is 98.3 Å². The fourth-order valence-electron chi connectivity index (χ4n) is 2.64. The van der Waals surface area contributed by atoms with E-state index in [0.29, 0.717) is 5.25 Å². The summed E-state index contributed by atoms with van der Waals surface area (Å²) in [5.74, 6) is -0.274. The molecule has 0 aromatic heterocycles. The summed E-state index contributed by atoms with van der Waals surface area (Å²) in [6.45, 7) is 0. The molecule has 1 aromatic carbocycles. The summed E-state index contributed by atoms with van der Waals surface area (Å²) in [5, 5.41) is 14.3. The maximum Gasteiger partial charge on any atom is 0.292 e. The summed E-state index contributed by atoms with van der Waals surface area (Å²) < 4.78 is 0. The number of anilines is 1. The smallest absolute Gasteiger partial charge is 0.292 e. The molecule has 1 aliphatic carbocycles. The molecule has 0 aliphatic heterocycles. The van der Waals surface area contributed by atoms with Crippen molar-refractivity contribution in [1.82, 2.24) is 5.32 Å². The standard InChI is InChI=1S/C14H19N3O3S/c1-21-13-5-3-2-4-11(13)16-14(18)9-6-7-10(15)12(8-9)17(19)20/h6-8,11,13H,2-5,15H2,1H3,(H,16,18)/t11-,13+/m0/s1. The highest BCUT2D eigenvalue weighted by Gasteiger charge is 2.26. The molecule has 1 amide bonds. The SMILES string of the molecule is CS[C@@H]1CCCC[C@@H]1NC(=O)c1ccc(N)c([N+](=O)[O-])c1. The molecule has 1 saturated carbocycles. The molecule has 1 fully saturated rings. The van der Waals surface area contributed by atoms with Crippen molar-refractivity contribution in [2.24, 2.45) is 0 Å². The zero-order chi connectivity index (χ0) is 15.4. The summed E-state index contributed by atoms with van der Waals surface area (Å²) in [5.41, 5.74) is 5.66. The molecule has 1 aliphatic rings. The Labute approximate surface area is 127 Å². The monoisotopic (exact) mass is 309 g/mol. The molecule has 2 atom stereocenters. The van der Waals surface area contributed by atoms with Gasteiger partial charge in [0, 0.05) is 22.9 Å². The first-order chi connectivity index (χ1) is 10.0. The van der Waals surface area contributed by atoms with E-state index in [2.05, 4.69) is 5.32 Å². The van der Waals surface area contributed by atoms with E-state index in [0.717, 1.165) is 19.3 Å². The third-order valence-electron chi connectivity index (χ3n) is 3.81. The van der Waals surface area contributed by atoms with Gasteiger partial charge in [-0.1, -0.05) is 12.8 Å². The number of hydrogen-bond acceptors (Lipinski definition) is 5. The van der Waals surface area contributed by atoms with E-state index in [1.165, 1.54) is 24.6 Å². The first-order valence-corrected chi connectivity index (χ1v) is 8.19. The Bertz CT molecular complexity index is 550. The number of amides is 1. The van der Waals surface area contributed by atoms with Crippen LogP contribution >= 0.6 is 11.8 Å². The average Bonchev–Trinajstić information content (AvgIpc) is 2.47. The second-order valence-electron chi connectivity index (χ2n) is 5.17.